The summed E-state index contributed by atoms with van der Waals surface area (Å²) in [7, 11) is 1.92. The molecule has 2 aromatic rings. The second-order valence-electron chi connectivity index (χ2n) is 5.63. The molecule has 0 aliphatic carbocycles. The Morgan fingerprint density at radius 2 is 1.90 bits per heavy atom. The lowest BCUT2D eigenvalue weighted by Gasteiger charge is -2.11. The summed E-state index contributed by atoms with van der Waals surface area (Å²) in [5.74, 6) is 1.66. The quantitative estimate of drug-likeness (QED) is 0.882. The van der Waals surface area contributed by atoms with Crippen molar-refractivity contribution in [1.29, 1.82) is 0 Å². The highest BCUT2D eigenvalue weighted by Crippen LogP contribution is 2.27. The molecular weight excluding hydrogens is 262 g/mol. The number of hydrogen-bond acceptors (Lipinski definition) is 3. The molecular formula is C17H25N3O. The molecule has 114 valence electrons. The van der Waals surface area contributed by atoms with Crippen LogP contribution in [0.15, 0.2) is 24.3 Å². The first kappa shape index (κ1) is 15.6. The molecule has 0 saturated heterocycles. The first-order valence-corrected chi connectivity index (χ1v) is 7.54. The van der Waals surface area contributed by atoms with Crippen molar-refractivity contribution in [2.45, 2.75) is 46.7 Å². The van der Waals surface area contributed by atoms with E-state index in [9.17, 15) is 0 Å². The van der Waals surface area contributed by atoms with Gasteiger partial charge in [0.2, 0.25) is 5.88 Å². The normalized spacial score (nSPS) is 11.1. The first-order chi connectivity index (χ1) is 10.0. The Balaban J connectivity index is 2.21. The van der Waals surface area contributed by atoms with Crippen LogP contribution in [0.25, 0.3) is 0 Å². The molecule has 0 saturated carbocycles. The fraction of sp³-hybridized carbons (Fsp3) is 0.471. The highest BCUT2D eigenvalue weighted by atomic mass is 16.5. The van der Waals surface area contributed by atoms with Gasteiger partial charge in [-0.2, -0.15) is 5.10 Å². The summed E-state index contributed by atoms with van der Waals surface area (Å²) >= 11 is 0. The Morgan fingerprint density at radius 3 is 2.48 bits per heavy atom. The Labute approximate surface area is 127 Å². The van der Waals surface area contributed by atoms with Crippen molar-refractivity contribution in [3.63, 3.8) is 0 Å². The minimum Gasteiger partial charge on any atom is -0.439 e. The number of benzene rings is 1. The summed E-state index contributed by atoms with van der Waals surface area (Å²) in [6.07, 6.45) is 1.04. The molecule has 0 atom stereocenters. The summed E-state index contributed by atoms with van der Waals surface area (Å²) in [6, 6.07) is 8.66. The van der Waals surface area contributed by atoms with Crippen molar-refractivity contribution in [2.24, 2.45) is 7.05 Å². The monoisotopic (exact) mass is 287 g/mol. The van der Waals surface area contributed by atoms with Gasteiger partial charge >= 0.3 is 0 Å². The van der Waals surface area contributed by atoms with Gasteiger partial charge in [0.25, 0.3) is 0 Å². The van der Waals surface area contributed by atoms with E-state index in [0.717, 1.165) is 35.9 Å². The van der Waals surface area contributed by atoms with Crippen LogP contribution in [0.1, 0.15) is 37.6 Å². The maximum Gasteiger partial charge on any atom is 0.222 e. The van der Waals surface area contributed by atoms with Crippen molar-refractivity contribution in [1.82, 2.24) is 15.1 Å². The van der Waals surface area contributed by atoms with E-state index in [0.29, 0.717) is 6.04 Å². The van der Waals surface area contributed by atoms with Crippen molar-refractivity contribution in [2.75, 3.05) is 0 Å². The minimum absolute atomic E-state index is 0.432. The molecule has 0 bridgehead atoms. The van der Waals surface area contributed by atoms with Gasteiger partial charge in [0.1, 0.15) is 5.75 Å². The van der Waals surface area contributed by atoms with E-state index in [1.165, 1.54) is 5.56 Å². The molecule has 0 amide bonds. The van der Waals surface area contributed by atoms with Crippen molar-refractivity contribution < 1.29 is 4.74 Å². The molecule has 1 aromatic heterocycles. The summed E-state index contributed by atoms with van der Waals surface area (Å²) in [6.45, 7) is 9.20. The van der Waals surface area contributed by atoms with Crippen molar-refractivity contribution in [3.8, 4) is 11.6 Å². The number of nitrogens with one attached hydrogen (secondary N) is 1. The van der Waals surface area contributed by atoms with E-state index < -0.39 is 0 Å². The van der Waals surface area contributed by atoms with Crippen molar-refractivity contribution >= 4 is 0 Å². The fourth-order valence-corrected chi connectivity index (χ4v) is 2.22. The van der Waals surface area contributed by atoms with Crippen LogP contribution in [-0.2, 0) is 20.0 Å². The lowest BCUT2D eigenvalue weighted by atomic mass is 10.2. The third-order valence-electron chi connectivity index (χ3n) is 3.52. The van der Waals surface area contributed by atoms with Crippen molar-refractivity contribution in [3.05, 3.63) is 41.1 Å². The summed E-state index contributed by atoms with van der Waals surface area (Å²) in [4.78, 5) is 0. The molecule has 1 N–H and O–H groups in total. The molecule has 21 heavy (non-hydrogen) atoms. The molecule has 0 aliphatic rings. The van der Waals surface area contributed by atoms with E-state index in [1.807, 2.05) is 26.1 Å². The third kappa shape index (κ3) is 3.85. The number of nitrogens with zero attached hydrogens (tertiary/aromatic N) is 2. The number of aryl methyl sites for hydroxylation is 3. The molecule has 0 fully saturated rings. The second-order valence-corrected chi connectivity index (χ2v) is 5.63. The standard InChI is InChI=1S/C17H25N3O/c1-6-14-7-9-15(10-8-14)21-17-16(11-18-12(2)3)13(4)19-20(17)5/h7-10,12,18H,6,11H2,1-5H3. The Hall–Kier alpha value is -1.81. The van der Waals surface area contributed by atoms with Gasteiger partial charge in [-0.3, -0.25) is 0 Å². The van der Waals surface area contributed by atoms with Gasteiger partial charge in [-0.1, -0.05) is 32.9 Å². The zero-order chi connectivity index (χ0) is 15.4. The average molecular weight is 287 g/mol. The number of rotatable bonds is 6. The second kappa shape index (κ2) is 6.76. The van der Waals surface area contributed by atoms with Crippen LogP contribution in [0.3, 0.4) is 0 Å². The molecule has 4 heteroatoms. The summed E-state index contributed by atoms with van der Waals surface area (Å²) in [5.41, 5.74) is 3.43. The fourth-order valence-electron chi connectivity index (χ4n) is 2.22. The van der Waals surface area contributed by atoms with E-state index in [2.05, 4.69) is 43.3 Å². The van der Waals surface area contributed by atoms with Gasteiger partial charge in [-0.25, -0.2) is 4.68 Å². The van der Waals surface area contributed by atoms with Crippen LogP contribution in [0.5, 0.6) is 11.6 Å². The van der Waals surface area contributed by atoms with Crippen LogP contribution in [-0.4, -0.2) is 15.8 Å². The number of hydrogen-bond donors (Lipinski definition) is 1. The van der Waals surface area contributed by atoms with Crippen LogP contribution in [0.4, 0.5) is 0 Å². The number of aromatic nitrogens is 2. The molecule has 2 rings (SSSR count). The van der Waals surface area contributed by atoms with E-state index in [4.69, 9.17) is 4.74 Å². The van der Waals surface area contributed by atoms with Crippen LogP contribution in [0.2, 0.25) is 0 Å². The lowest BCUT2D eigenvalue weighted by molar-refractivity contribution is 0.422. The molecule has 0 unspecified atom stereocenters. The first-order valence-electron chi connectivity index (χ1n) is 7.54. The molecule has 1 aromatic carbocycles. The maximum absolute atomic E-state index is 6.05. The Kier molecular flexibility index (Phi) is 5.02. The van der Waals surface area contributed by atoms with Crippen LogP contribution < -0.4 is 10.1 Å². The maximum atomic E-state index is 6.05. The topological polar surface area (TPSA) is 39.1 Å². The van der Waals surface area contributed by atoms with E-state index >= 15 is 0 Å². The van der Waals surface area contributed by atoms with Gasteiger partial charge in [0.15, 0.2) is 0 Å². The smallest absolute Gasteiger partial charge is 0.222 e. The Bertz CT molecular complexity index is 585. The van der Waals surface area contributed by atoms with Crippen LogP contribution >= 0.6 is 0 Å². The van der Waals surface area contributed by atoms with Crippen LogP contribution in [0, 0.1) is 6.92 Å². The highest BCUT2D eigenvalue weighted by molar-refractivity contribution is 5.36. The van der Waals surface area contributed by atoms with Gasteiger partial charge < -0.3 is 10.1 Å². The third-order valence-corrected chi connectivity index (χ3v) is 3.52. The average Bonchev–Trinajstić information content (AvgIpc) is 2.72. The molecule has 0 spiro atoms. The predicted molar refractivity (Wildman–Crippen MR) is 85.8 cm³/mol. The highest BCUT2D eigenvalue weighted by Gasteiger charge is 2.15. The predicted octanol–water partition coefficient (Wildman–Crippen LogP) is 3.58. The van der Waals surface area contributed by atoms with Gasteiger partial charge in [-0.05, 0) is 31.0 Å². The zero-order valence-electron chi connectivity index (χ0n) is 13.6. The van der Waals surface area contributed by atoms with Gasteiger partial charge in [0.05, 0.1) is 11.3 Å². The molecule has 0 aliphatic heterocycles. The lowest BCUT2D eigenvalue weighted by Crippen LogP contribution is -2.22. The summed E-state index contributed by atoms with van der Waals surface area (Å²) < 4.78 is 7.86. The molecule has 4 nitrogen and oxygen atoms in total. The van der Waals surface area contributed by atoms with E-state index in [-0.39, 0.29) is 0 Å². The summed E-state index contributed by atoms with van der Waals surface area (Å²) in [5, 5.41) is 7.90. The molecule has 0 radical (unpaired) electrons. The largest absolute Gasteiger partial charge is 0.439 e. The van der Waals surface area contributed by atoms with Gasteiger partial charge in [0, 0.05) is 19.6 Å². The Morgan fingerprint density at radius 1 is 1.24 bits per heavy atom. The molecule has 1 heterocycles. The zero-order valence-corrected chi connectivity index (χ0v) is 13.6. The van der Waals surface area contributed by atoms with Gasteiger partial charge in [-0.15, -0.1) is 0 Å². The van der Waals surface area contributed by atoms with E-state index in [1.54, 1.807) is 4.68 Å². The minimum atomic E-state index is 0.432. The SMILES string of the molecule is CCc1ccc(Oc2c(CNC(C)C)c(C)nn2C)cc1. The number of ether oxygens (including phenoxy) is 1.